The minimum atomic E-state index is -4.66. The number of anilines is 1. The number of benzene rings is 1. The Morgan fingerprint density at radius 1 is 1.02 bits per heavy atom. The molecule has 4 aromatic heterocycles. The first-order chi connectivity index (χ1) is 21.4. The summed E-state index contributed by atoms with van der Waals surface area (Å²) < 4.78 is 66.8. The highest BCUT2D eigenvalue weighted by Gasteiger charge is 2.46. The van der Waals surface area contributed by atoms with Gasteiger partial charge in [-0.2, -0.15) is 27.9 Å². The zero-order chi connectivity index (χ0) is 31.7. The number of nitrogen functional groups attached to an aromatic ring is 1. The largest absolute Gasteiger partial charge is 0.432 e. The van der Waals surface area contributed by atoms with Crippen LogP contribution in [0.1, 0.15) is 53.5 Å². The van der Waals surface area contributed by atoms with E-state index in [9.17, 15) is 26.4 Å². The van der Waals surface area contributed by atoms with Crippen molar-refractivity contribution in [3.05, 3.63) is 78.0 Å². The number of sulfone groups is 1. The molecule has 45 heavy (non-hydrogen) atoms. The molecule has 7 rings (SSSR count). The first kappa shape index (κ1) is 29.0. The van der Waals surface area contributed by atoms with E-state index >= 15 is 0 Å². The van der Waals surface area contributed by atoms with E-state index < -0.39 is 27.6 Å². The molecule has 0 saturated carbocycles. The molecule has 2 fully saturated rings. The summed E-state index contributed by atoms with van der Waals surface area (Å²) in [5.74, 6) is -1.04. The van der Waals surface area contributed by atoms with Crippen molar-refractivity contribution >= 4 is 27.2 Å². The molecule has 1 amide bonds. The number of pyridine rings is 1. The Balaban J connectivity index is 1.24. The molecule has 11 nitrogen and oxygen atoms in total. The number of nitrogens with zero attached hydrogens (tertiary/aromatic N) is 6. The van der Waals surface area contributed by atoms with E-state index in [1.54, 1.807) is 17.3 Å². The third-order valence-corrected chi connectivity index (χ3v) is 9.80. The second-order valence-electron chi connectivity index (χ2n) is 11.5. The number of fused-ring (bicyclic) bond motifs is 3. The van der Waals surface area contributed by atoms with Crippen molar-refractivity contribution < 1.29 is 26.4 Å². The molecule has 2 unspecified atom stereocenters. The number of hydrogen-bond donors (Lipinski definition) is 2. The van der Waals surface area contributed by atoms with Crippen molar-refractivity contribution in [1.82, 2.24) is 34.7 Å². The Hall–Kier alpha value is -4.79. The topological polar surface area (TPSA) is 152 Å². The van der Waals surface area contributed by atoms with E-state index in [0.29, 0.717) is 54.2 Å². The summed E-state index contributed by atoms with van der Waals surface area (Å²) in [4.78, 5) is 24.2. The summed E-state index contributed by atoms with van der Waals surface area (Å²) in [6, 6.07) is 13.5. The first-order valence-electron chi connectivity index (χ1n) is 14.2. The number of carbonyl (C=O) groups excluding carboxylic acids is 1. The summed E-state index contributed by atoms with van der Waals surface area (Å²) in [6.45, 7) is 0. The predicted octanol–water partition coefficient (Wildman–Crippen LogP) is 4.74. The van der Waals surface area contributed by atoms with E-state index in [4.69, 9.17) is 10.7 Å². The maximum atomic E-state index is 13.3. The van der Waals surface area contributed by atoms with Gasteiger partial charge in [0.15, 0.2) is 21.2 Å². The van der Waals surface area contributed by atoms with Crippen LogP contribution in [0.15, 0.2) is 65.8 Å². The number of nitrogens with one attached hydrogen (secondary N) is 1. The van der Waals surface area contributed by atoms with Gasteiger partial charge in [-0.25, -0.2) is 13.4 Å². The molecule has 2 aliphatic rings. The van der Waals surface area contributed by atoms with Gasteiger partial charge in [-0.05, 0) is 31.7 Å². The number of halogens is 3. The number of nitrogens with two attached hydrogens (primary N) is 1. The van der Waals surface area contributed by atoms with Crippen LogP contribution in [0.2, 0.25) is 0 Å². The quantitative estimate of drug-likeness (QED) is 0.281. The average molecular weight is 637 g/mol. The van der Waals surface area contributed by atoms with Gasteiger partial charge in [-0.15, -0.1) is 0 Å². The number of piperidine rings is 1. The molecule has 232 valence electrons. The number of aromatic amines is 1. The Labute approximate surface area is 255 Å². The molecule has 2 bridgehead atoms. The number of carbonyl (C=O) groups is 1. The summed E-state index contributed by atoms with van der Waals surface area (Å²) in [7, 11) is -3.86. The zero-order valence-electron chi connectivity index (χ0n) is 23.9. The molecule has 15 heteroatoms. The zero-order valence-corrected chi connectivity index (χ0v) is 24.7. The van der Waals surface area contributed by atoms with Crippen molar-refractivity contribution in [2.45, 2.75) is 54.8 Å². The maximum Gasteiger partial charge on any atom is 0.432 e. The normalized spacial score (nSPS) is 20.2. The van der Waals surface area contributed by atoms with Gasteiger partial charge in [0.25, 0.3) is 5.91 Å². The molecule has 6 heterocycles. The van der Waals surface area contributed by atoms with Gasteiger partial charge in [-0.3, -0.25) is 14.9 Å². The number of amides is 1. The first-order valence-corrected chi connectivity index (χ1v) is 16.1. The second-order valence-corrected chi connectivity index (χ2v) is 13.5. The summed E-state index contributed by atoms with van der Waals surface area (Å²) in [5, 5.41) is 9.88. The Kier molecular flexibility index (Phi) is 6.69. The van der Waals surface area contributed by atoms with Gasteiger partial charge in [0.05, 0.1) is 17.6 Å². The highest BCUT2D eigenvalue weighted by molar-refractivity contribution is 7.91. The molecule has 1 aromatic carbocycles. The molecule has 0 radical (unpaired) electrons. The van der Waals surface area contributed by atoms with E-state index in [0.717, 1.165) is 17.5 Å². The van der Waals surface area contributed by atoms with Gasteiger partial charge in [0, 0.05) is 53.2 Å². The van der Waals surface area contributed by atoms with E-state index in [2.05, 4.69) is 15.2 Å². The molecule has 0 spiro atoms. The minimum absolute atomic E-state index is 0.0697. The van der Waals surface area contributed by atoms with E-state index in [-0.39, 0.29) is 34.4 Å². The van der Waals surface area contributed by atoms with Crippen molar-refractivity contribution in [3.63, 3.8) is 0 Å². The average Bonchev–Trinajstić information content (AvgIpc) is 3.73. The molecule has 0 aliphatic carbocycles. The lowest BCUT2D eigenvalue weighted by Crippen LogP contribution is -2.46. The van der Waals surface area contributed by atoms with E-state index in [1.165, 1.54) is 4.52 Å². The van der Waals surface area contributed by atoms with Crippen LogP contribution in [-0.2, 0) is 16.0 Å². The third-order valence-electron chi connectivity index (χ3n) is 8.64. The highest BCUT2D eigenvalue weighted by atomic mass is 32.2. The molecular formula is C30H27F3N8O3S. The highest BCUT2D eigenvalue weighted by Crippen LogP contribution is 2.46. The van der Waals surface area contributed by atoms with Crippen molar-refractivity contribution in [3.8, 4) is 22.4 Å². The van der Waals surface area contributed by atoms with Crippen LogP contribution < -0.4 is 5.73 Å². The van der Waals surface area contributed by atoms with Crippen LogP contribution in [0.4, 0.5) is 19.0 Å². The van der Waals surface area contributed by atoms with Crippen LogP contribution in [0.3, 0.4) is 0 Å². The monoisotopic (exact) mass is 636 g/mol. The van der Waals surface area contributed by atoms with E-state index in [1.807, 2.05) is 47.6 Å². The van der Waals surface area contributed by atoms with Crippen molar-refractivity contribution in [2.24, 2.45) is 0 Å². The van der Waals surface area contributed by atoms with Gasteiger partial charge in [-0.1, -0.05) is 36.4 Å². The number of rotatable bonds is 5. The van der Waals surface area contributed by atoms with Gasteiger partial charge in [0.1, 0.15) is 16.4 Å². The molecule has 2 saturated heterocycles. The molecule has 3 N–H and O–H groups in total. The Morgan fingerprint density at radius 3 is 2.33 bits per heavy atom. The number of hydrogen-bond acceptors (Lipinski definition) is 8. The summed E-state index contributed by atoms with van der Waals surface area (Å²) >= 11 is 0. The van der Waals surface area contributed by atoms with Crippen LogP contribution in [0.5, 0.6) is 0 Å². The van der Waals surface area contributed by atoms with Crippen LogP contribution in [0.25, 0.3) is 28.0 Å². The fourth-order valence-electron chi connectivity index (χ4n) is 6.65. The number of H-pyrrole nitrogens is 1. The fourth-order valence-corrected chi connectivity index (χ4v) is 7.71. The lowest BCUT2D eigenvalue weighted by atomic mass is 9.87. The lowest BCUT2D eigenvalue weighted by molar-refractivity contribution is -0.141. The molecule has 2 aliphatic heterocycles. The molecule has 5 aromatic rings. The van der Waals surface area contributed by atoms with Gasteiger partial charge < -0.3 is 10.6 Å². The maximum absolute atomic E-state index is 13.3. The Morgan fingerprint density at radius 2 is 1.73 bits per heavy atom. The van der Waals surface area contributed by atoms with Gasteiger partial charge in [0.2, 0.25) is 0 Å². The summed E-state index contributed by atoms with van der Waals surface area (Å²) in [6.07, 6.45) is 1.63. The smallest absolute Gasteiger partial charge is 0.382 e. The minimum Gasteiger partial charge on any atom is -0.382 e. The van der Waals surface area contributed by atoms with Crippen molar-refractivity contribution in [2.75, 3.05) is 12.0 Å². The van der Waals surface area contributed by atoms with Crippen LogP contribution in [-0.4, -0.2) is 67.3 Å². The second kappa shape index (κ2) is 10.4. The van der Waals surface area contributed by atoms with Crippen molar-refractivity contribution in [1.29, 1.82) is 0 Å². The lowest BCUT2D eigenvalue weighted by Gasteiger charge is -2.39. The third kappa shape index (κ3) is 5.00. The molecule has 2 atom stereocenters. The fraction of sp³-hybridized carbons (Fsp3) is 0.300. The standard InChI is InChI=1S/C30H27F3N8O3S/c1-45(43,44)26-25(18-11-19-8-9-20(12-18)40(19)29(42)23-13-24(39-38-23)30(31,32)33)37-28-21(15-36-41(28)27(26)34)17-7-10-22(35-14-17)16-5-3-2-4-6-16/h2-7,10,13-15,18-20H,8-9,11-12,34H2,1H3,(H,38,39). The van der Waals surface area contributed by atoms with Crippen LogP contribution in [0, 0.1) is 0 Å². The summed E-state index contributed by atoms with van der Waals surface area (Å²) in [5.41, 5.74) is 8.80. The Bertz CT molecular complexity index is 2030. The van der Waals surface area contributed by atoms with Crippen LogP contribution >= 0.6 is 0 Å². The SMILES string of the molecule is CS(=O)(=O)c1c(C2CC3CCC(C2)N3C(=O)c2cc(C(F)(F)F)[nH]n2)nc2c(-c3ccc(-c4ccccc4)nc3)cnn2c1N. The molecular weight excluding hydrogens is 609 g/mol. The van der Waals surface area contributed by atoms with Gasteiger partial charge >= 0.3 is 6.18 Å². The number of aromatic nitrogens is 6. The number of alkyl halides is 3. The predicted molar refractivity (Wildman–Crippen MR) is 158 cm³/mol.